The van der Waals surface area contributed by atoms with E-state index < -0.39 is 17.2 Å². The zero-order chi connectivity index (χ0) is 19.7. The van der Waals surface area contributed by atoms with Crippen molar-refractivity contribution in [1.82, 2.24) is 10.2 Å². The second kappa shape index (κ2) is 7.37. The van der Waals surface area contributed by atoms with Gasteiger partial charge in [-0.15, -0.1) is 6.58 Å². The lowest BCUT2D eigenvalue weighted by Crippen LogP contribution is -2.66. The molecule has 1 aromatic rings. The fourth-order valence-electron chi connectivity index (χ4n) is 4.52. The van der Waals surface area contributed by atoms with Gasteiger partial charge in [0.2, 0.25) is 5.91 Å². The highest BCUT2D eigenvalue weighted by Crippen LogP contribution is 2.50. The zero-order valence-electron chi connectivity index (χ0n) is 16.5. The third kappa shape index (κ3) is 3.87. The van der Waals surface area contributed by atoms with Crippen LogP contribution in [0.2, 0.25) is 0 Å². The van der Waals surface area contributed by atoms with Gasteiger partial charge in [-0.2, -0.15) is 0 Å². The summed E-state index contributed by atoms with van der Waals surface area (Å²) in [7, 11) is 0. The molecule has 0 spiro atoms. The number of hydrogen-bond acceptors (Lipinski definition) is 3. The van der Waals surface area contributed by atoms with Crippen molar-refractivity contribution < 1.29 is 14.3 Å². The molecule has 1 aliphatic carbocycles. The largest absolute Gasteiger partial charge is 0.444 e. The van der Waals surface area contributed by atoms with Crippen molar-refractivity contribution in [3.05, 3.63) is 48.6 Å². The van der Waals surface area contributed by atoms with Crippen LogP contribution in [0.1, 0.15) is 58.1 Å². The summed E-state index contributed by atoms with van der Waals surface area (Å²) in [5.41, 5.74) is -0.0344. The molecule has 4 rings (SSSR count). The second-order valence-corrected chi connectivity index (χ2v) is 8.61. The Morgan fingerprint density at radius 1 is 1.33 bits per heavy atom. The number of fused-ring (bicyclic) bond motifs is 3. The van der Waals surface area contributed by atoms with Crippen molar-refractivity contribution in [3.63, 3.8) is 0 Å². The van der Waals surface area contributed by atoms with Crippen molar-refractivity contribution in [2.75, 3.05) is 6.54 Å². The molecule has 5 nitrogen and oxygen atoms in total. The molecule has 2 heterocycles. The van der Waals surface area contributed by atoms with Crippen molar-refractivity contribution in [2.24, 2.45) is 5.92 Å². The topological polar surface area (TPSA) is 58.6 Å². The lowest BCUT2D eigenvalue weighted by atomic mass is 9.65. The summed E-state index contributed by atoms with van der Waals surface area (Å²) in [6.07, 6.45) is 4.79. The summed E-state index contributed by atoms with van der Waals surface area (Å²) < 4.78 is 5.53. The number of alkyl carbamates (subject to hydrolysis) is 1. The first-order valence-electron chi connectivity index (χ1n) is 9.74. The summed E-state index contributed by atoms with van der Waals surface area (Å²) in [4.78, 5) is 27.5. The molecule has 1 atom stereocenters. The fraction of sp³-hybridized carbons (Fsp3) is 0.545. The maximum absolute atomic E-state index is 13.0. The van der Waals surface area contributed by atoms with Crippen LogP contribution in [0, 0.1) is 5.92 Å². The molecular formula is C22H30N2O3. The van der Waals surface area contributed by atoms with Gasteiger partial charge >= 0.3 is 6.09 Å². The first kappa shape index (κ1) is 19.5. The van der Waals surface area contributed by atoms with Gasteiger partial charge in [0.15, 0.2) is 0 Å². The predicted molar refractivity (Wildman–Crippen MR) is 105 cm³/mol. The van der Waals surface area contributed by atoms with Gasteiger partial charge < -0.3 is 15.0 Å². The summed E-state index contributed by atoms with van der Waals surface area (Å²) in [5.74, 6) is 0.282. The number of carbonyl (C=O) groups excluding carboxylic acids is 2. The van der Waals surface area contributed by atoms with Gasteiger partial charge in [0.05, 0.1) is 11.6 Å². The molecule has 146 valence electrons. The van der Waals surface area contributed by atoms with Crippen molar-refractivity contribution in [3.8, 4) is 0 Å². The van der Waals surface area contributed by atoms with Gasteiger partial charge in [-0.1, -0.05) is 36.4 Å². The summed E-state index contributed by atoms with van der Waals surface area (Å²) >= 11 is 0. The van der Waals surface area contributed by atoms with Crippen molar-refractivity contribution in [1.29, 1.82) is 0 Å². The van der Waals surface area contributed by atoms with Crippen LogP contribution in [-0.2, 0) is 9.53 Å². The SMILES string of the molecule is C=CCN1C(=O)C2CCC1(C(NC(=O)OC(C)(C)C)c1ccccc1)CC2. The average Bonchev–Trinajstić information content (AvgIpc) is 2.62. The van der Waals surface area contributed by atoms with Crippen LogP contribution in [-0.4, -0.2) is 34.6 Å². The Kier molecular flexibility index (Phi) is 5.31. The van der Waals surface area contributed by atoms with Gasteiger partial charge in [0.1, 0.15) is 5.60 Å². The Bertz CT molecular complexity index is 700. The second-order valence-electron chi connectivity index (χ2n) is 8.61. The van der Waals surface area contributed by atoms with E-state index in [-0.39, 0.29) is 17.9 Å². The molecule has 1 unspecified atom stereocenters. The minimum absolute atomic E-state index is 0.102. The Hall–Kier alpha value is -2.30. The highest BCUT2D eigenvalue weighted by atomic mass is 16.6. The average molecular weight is 370 g/mol. The van der Waals surface area contributed by atoms with E-state index in [0.29, 0.717) is 6.54 Å². The number of amides is 2. The molecule has 1 saturated carbocycles. The van der Waals surface area contributed by atoms with Gasteiger partial charge in [0, 0.05) is 12.5 Å². The van der Waals surface area contributed by atoms with Gasteiger partial charge in [-0.25, -0.2) is 4.79 Å². The molecule has 2 amide bonds. The van der Waals surface area contributed by atoms with E-state index in [9.17, 15) is 9.59 Å². The van der Waals surface area contributed by atoms with Crippen LogP contribution >= 0.6 is 0 Å². The Balaban J connectivity index is 1.99. The Labute approximate surface area is 161 Å². The Morgan fingerprint density at radius 3 is 2.52 bits per heavy atom. The fourth-order valence-corrected chi connectivity index (χ4v) is 4.52. The number of ether oxygens (including phenoxy) is 1. The highest BCUT2D eigenvalue weighted by molar-refractivity contribution is 5.82. The van der Waals surface area contributed by atoms with E-state index in [4.69, 9.17) is 4.74 Å². The monoisotopic (exact) mass is 370 g/mol. The third-order valence-electron chi connectivity index (χ3n) is 5.65. The maximum atomic E-state index is 13.0. The minimum Gasteiger partial charge on any atom is -0.444 e. The van der Waals surface area contributed by atoms with Crippen molar-refractivity contribution in [2.45, 2.75) is 63.6 Å². The summed E-state index contributed by atoms with van der Waals surface area (Å²) in [6.45, 7) is 9.88. The minimum atomic E-state index is -0.580. The number of piperidine rings is 2. The first-order chi connectivity index (χ1) is 12.8. The first-order valence-corrected chi connectivity index (χ1v) is 9.74. The summed E-state index contributed by atoms with van der Waals surface area (Å²) in [6, 6.07) is 9.57. The molecule has 1 aromatic carbocycles. The van der Waals surface area contributed by atoms with Crippen LogP contribution in [0.25, 0.3) is 0 Å². The lowest BCUT2D eigenvalue weighted by Gasteiger charge is -2.57. The van der Waals surface area contributed by atoms with E-state index in [1.54, 1.807) is 6.08 Å². The lowest BCUT2D eigenvalue weighted by molar-refractivity contribution is -0.158. The predicted octanol–water partition coefficient (Wildman–Crippen LogP) is 4.21. The number of hydrogen-bond donors (Lipinski definition) is 1. The normalized spacial score (nSPS) is 25.8. The molecule has 2 bridgehead atoms. The zero-order valence-corrected chi connectivity index (χ0v) is 16.5. The smallest absolute Gasteiger partial charge is 0.408 e. The molecule has 1 N–H and O–H groups in total. The number of nitrogens with one attached hydrogen (secondary N) is 1. The highest BCUT2D eigenvalue weighted by Gasteiger charge is 2.55. The quantitative estimate of drug-likeness (QED) is 0.790. The molecule has 3 fully saturated rings. The van der Waals surface area contributed by atoms with Crippen LogP contribution in [0.15, 0.2) is 43.0 Å². The molecule has 0 aromatic heterocycles. The number of nitrogens with zero attached hydrogens (tertiary/aromatic N) is 1. The molecule has 2 saturated heterocycles. The van der Waals surface area contributed by atoms with E-state index in [0.717, 1.165) is 31.2 Å². The van der Waals surface area contributed by atoms with Crippen molar-refractivity contribution >= 4 is 12.0 Å². The number of benzene rings is 1. The number of carbonyl (C=O) groups is 2. The van der Waals surface area contributed by atoms with E-state index in [2.05, 4.69) is 11.9 Å². The molecule has 5 heteroatoms. The van der Waals surface area contributed by atoms with Gasteiger partial charge in [0.25, 0.3) is 0 Å². The molecule has 0 radical (unpaired) electrons. The van der Waals surface area contributed by atoms with E-state index in [1.807, 2.05) is 56.0 Å². The van der Waals surface area contributed by atoms with Crippen LogP contribution in [0.3, 0.4) is 0 Å². The van der Waals surface area contributed by atoms with E-state index >= 15 is 0 Å². The third-order valence-corrected chi connectivity index (χ3v) is 5.65. The van der Waals surface area contributed by atoms with Crippen LogP contribution in [0.5, 0.6) is 0 Å². The Morgan fingerprint density at radius 2 is 1.96 bits per heavy atom. The standard InChI is InChI=1S/C22H30N2O3/c1-5-15-24-19(25)17-11-13-22(24,14-12-17)18(16-9-7-6-8-10-16)23-20(26)27-21(2,3)4/h5-10,17-18H,1,11-15H2,2-4H3,(H,23,26). The molecule has 2 aliphatic heterocycles. The van der Waals surface area contributed by atoms with Gasteiger partial charge in [-0.3, -0.25) is 4.79 Å². The maximum Gasteiger partial charge on any atom is 0.408 e. The molecule has 3 aliphatic rings. The molecular weight excluding hydrogens is 340 g/mol. The van der Waals surface area contributed by atoms with Crippen LogP contribution in [0.4, 0.5) is 4.79 Å². The summed E-state index contributed by atoms with van der Waals surface area (Å²) in [5, 5.41) is 3.10. The van der Waals surface area contributed by atoms with Crippen LogP contribution < -0.4 is 5.32 Å². The molecule has 27 heavy (non-hydrogen) atoms. The van der Waals surface area contributed by atoms with Gasteiger partial charge in [-0.05, 0) is 52.0 Å². The van der Waals surface area contributed by atoms with E-state index in [1.165, 1.54) is 0 Å². The number of rotatable bonds is 5.